The molecule has 1 aromatic rings. The maximum absolute atomic E-state index is 11.7. The molecule has 0 saturated heterocycles. The molecule has 0 aromatic carbocycles. The molecule has 1 saturated carbocycles. The maximum Gasteiger partial charge on any atom is 0.233 e. The molecule has 2 rings (SSSR count). The SMILES string of the molecule is CC(Sc1ccc(N)nc1)C(=O)NC1CC1. The van der Waals surface area contributed by atoms with Gasteiger partial charge in [-0.05, 0) is 31.9 Å². The fourth-order valence-electron chi connectivity index (χ4n) is 1.27. The van der Waals surface area contributed by atoms with Crippen LogP contribution in [-0.4, -0.2) is 22.2 Å². The zero-order chi connectivity index (χ0) is 11.5. The molecule has 0 bridgehead atoms. The van der Waals surface area contributed by atoms with Gasteiger partial charge in [0, 0.05) is 17.1 Å². The highest BCUT2D eigenvalue weighted by atomic mass is 32.2. The van der Waals surface area contributed by atoms with Crippen LogP contribution in [0.15, 0.2) is 23.2 Å². The van der Waals surface area contributed by atoms with E-state index in [-0.39, 0.29) is 11.2 Å². The van der Waals surface area contributed by atoms with Crippen LogP contribution in [0.2, 0.25) is 0 Å². The Hall–Kier alpha value is -1.23. The Morgan fingerprint density at radius 3 is 2.94 bits per heavy atom. The van der Waals surface area contributed by atoms with E-state index in [1.807, 2.05) is 13.0 Å². The molecule has 0 aliphatic heterocycles. The molecular formula is C11H15N3OS. The Morgan fingerprint density at radius 1 is 1.62 bits per heavy atom. The Labute approximate surface area is 99.0 Å². The van der Waals surface area contributed by atoms with Crippen LogP contribution in [0.25, 0.3) is 0 Å². The number of carbonyl (C=O) groups is 1. The van der Waals surface area contributed by atoms with Gasteiger partial charge in [0.15, 0.2) is 0 Å². The van der Waals surface area contributed by atoms with Crippen molar-refractivity contribution in [2.45, 2.75) is 36.0 Å². The molecule has 0 radical (unpaired) electrons. The van der Waals surface area contributed by atoms with Crippen LogP contribution in [0.3, 0.4) is 0 Å². The average molecular weight is 237 g/mol. The molecule has 1 aliphatic carbocycles. The van der Waals surface area contributed by atoms with Gasteiger partial charge in [0.2, 0.25) is 5.91 Å². The van der Waals surface area contributed by atoms with Gasteiger partial charge in [-0.1, -0.05) is 0 Å². The minimum Gasteiger partial charge on any atom is -0.384 e. The second kappa shape index (κ2) is 4.74. The van der Waals surface area contributed by atoms with Crippen molar-refractivity contribution in [3.8, 4) is 0 Å². The molecule has 1 atom stereocenters. The lowest BCUT2D eigenvalue weighted by atomic mass is 10.4. The van der Waals surface area contributed by atoms with Gasteiger partial charge in [0.1, 0.15) is 5.82 Å². The van der Waals surface area contributed by atoms with Gasteiger partial charge in [0.05, 0.1) is 5.25 Å². The highest BCUT2D eigenvalue weighted by molar-refractivity contribution is 8.00. The first kappa shape index (κ1) is 11.3. The summed E-state index contributed by atoms with van der Waals surface area (Å²) in [6, 6.07) is 4.04. The van der Waals surface area contributed by atoms with E-state index in [1.54, 1.807) is 12.3 Å². The van der Waals surface area contributed by atoms with Crippen molar-refractivity contribution in [3.05, 3.63) is 18.3 Å². The summed E-state index contributed by atoms with van der Waals surface area (Å²) in [6.07, 6.45) is 3.93. The van der Waals surface area contributed by atoms with E-state index in [1.165, 1.54) is 11.8 Å². The smallest absolute Gasteiger partial charge is 0.233 e. The zero-order valence-electron chi connectivity index (χ0n) is 9.14. The van der Waals surface area contributed by atoms with Crippen molar-refractivity contribution in [3.63, 3.8) is 0 Å². The van der Waals surface area contributed by atoms with Crippen molar-refractivity contribution < 1.29 is 4.79 Å². The third-order valence-electron chi connectivity index (χ3n) is 2.37. The summed E-state index contributed by atoms with van der Waals surface area (Å²) >= 11 is 1.50. The van der Waals surface area contributed by atoms with E-state index in [0.29, 0.717) is 11.9 Å². The summed E-state index contributed by atoms with van der Waals surface area (Å²) in [5.74, 6) is 0.601. The van der Waals surface area contributed by atoms with Crippen LogP contribution in [0.1, 0.15) is 19.8 Å². The molecule has 1 fully saturated rings. The molecular weight excluding hydrogens is 222 g/mol. The van der Waals surface area contributed by atoms with Gasteiger partial charge in [-0.3, -0.25) is 4.79 Å². The summed E-state index contributed by atoms with van der Waals surface area (Å²) in [7, 11) is 0. The molecule has 4 nitrogen and oxygen atoms in total. The van der Waals surface area contributed by atoms with Crippen molar-refractivity contribution in [1.82, 2.24) is 10.3 Å². The van der Waals surface area contributed by atoms with Gasteiger partial charge < -0.3 is 11.1 Å². The van der Waals surface area contributed by atoms with Gasteiger partial charge in [-0.2, -0.15) is 0 Å². The van der Waals surface area contributed by atoms with Crippen molar-refractivity contribution >= 4 is 23.5 Å². The number of carbonyl (C=O) groups excluding carboxylic acids is 1. The Kier molecular flexibility index (Phi) is 3.33. The number of nitrogens with two attached hydrogens (primary N) is 1. The quantitative estimate of drug-likeness (QED) is 0.777. The van der Waals surface area contributed by atoms with Crippen LogP contribution < -0.4 is 11.1 Å². The second-order valence-electron chi connectivity index (χ2n) is 3.96. The molecule has 1 aliphatic rings. The molecule has 1 unspecified atom stereocenters. The summed E-state index contributed by atoms with van der Waals surface area (Å²) in [6.45, 7) is 1.90. The van der Waals surface area contributed by atoms with Gasteiger partial charge in [-0.15, -0.1) is 11.8 Å². The minimum absolute atomic E-state index is 0.0916. The van der Waals surface area contributed by atoms with Crippen molar-refractivity contribution in [1.29, 1.82) is 0 Å². The largest absolute Gasteiger partial charge is 0.384 e. The third kappa shape index (κ3) is 3.13. The number of anilines is 1. The topological polar surface area (TPSA) is 68.0 Å². The fraction of sp³-hybridized carbons (Fsp3) is 0.455. The molecule has 1 aromatic heterocycles. The average Bonchev–Trinajstić information content (AvgIpc) is 3.05. The van der Waals surface area contributed by atoms with Crippen molar-refractivity contribution in [2.24, 2.45) is 0 Å². The lowest BCUT2D eigenvalue weighted by molar-refractivity contribution is -0.120. The second-order valence-corrected chi connectivity index (χ2v) is 5.38. The minimum atomic E-state index is -0.0916. The van der Waals surface area contributed by atoms with E-state index >= 15 is 0 Å². The molecule has 3 N–H and O–H groups in total. The first-order chi connectivity index (χ1) is 7.65. The van der Waals surface area contributed by atoms with Crippen molar-refractivity contribution in [2.75, 3.05) is 5.73 Å². The normalized spacial score (nSPS) is 16.8. The number of amides is 1. The first-order valence-corrected chi connectivity index (χ1v) is 6.21. The van der Waals surface area contributed by atoms with Crippen LogP contribution in [0.4, 0.5) is 5.82 Å². The number of hydrogen-bond donors (Lipinski definition) is 2. The molecule has 1 amide bonds. The van der Waals surface area contributed by atoms with Crippen LogP contribution in [0.5, 0.6) is 0 Å². The highest BCUT2D eigenvalue weighted by Gasteiger charge is 2.25. The number of nitrogens with zero attached hydrogens (tertiary/aromatic N) is 1. The van der Waals surface area contributed by atoms with E-state index in [2.05, 4.69) is 10.3 Å². The molecule has 1 heterocycles. The van der Waals surface area contributed by atoms with Gasteiger partial charge >= 0.3 is 0 Å². The van der Waals surface area contributed by atoms with Crippen LogP contribution >= 0.6 is 11.8 Å². The number of aromatic nitrogens is 1. The maximum atomic E-state index is 11.7. The number of nitrogen functional groups attached to an aromatic ring is 1. The fourth-order valence-corrected chi connectivity index (χ4v) is 2.11. The number of rotatable bonds is 4. The standard InChI is InChI=1S/C11H15N3OS/c1-7(11(15)14-8-2-3-8)16-9-4-5-10(12)13-6-9/h4-8H,2-3H2,1H3,(H2,12,13)(H,14,15). The molecule has 86 valence electrons. The van der Waals surface area contributed by atoms with E-state index < -0.39 is 0 Å². The zero-order valence-corrected chi connectivity index (χ0v) is 9.96. The first-order valence-electron chi connectivity index (χ1n) is 5.33. The lowest BCUT2D eigenvalue weighted by Gasteiger charge is -2.11. The number of hydrogen-bond acceptors (Lipinski definition) is 4. The van der Waals surface area contributed by atoms with Crippen LogP contribution in [0, 0.1) is 0 Å². The van der Waals surface area contributed by atoms with Crippen LogP contribution in [-0.2, 0) is 4.79 Å². The Morgan fingerprint density at radius 2 is 2.38 bits per heavy atom. The van der Waals surface area contributed by atoms with E-state index in [0.717, 1.165) is 17.7 Å². The monoisotopic (exact) mass is 237 g/mol. The summed E-state index contributed by atoms with van der Waals surface area (Å²) in [5, 5.41) is 2.89. The highest BCUT2D eigenvalue weighted by Crippen LogP contribution is 2.25. The molecule has 5 heteroatoms. The molecule has 0 spiro atoms. The summed E-state index contributed by atoms with van der Waals surface area (Å²) in [5.41, 5.74) is 5.49. The predicted molar refractivity (Wildman–Crippen MR) is 65.1 cm³/mol. The molecule has 16 heavy (non-hydrogen) atoms. The summed E-state index contributed by atoms with van der Waals surface area (Å²) in [4.78, 5) is 16.6. The van der Waals surface area contributed by atoms with Gasteiger partial charge in [0.25, 0.3) is 0 Å². The predicted octanol–water partition coefficient (Wildman–Crippen LogP) is 1.42. The Balaban J connectivity index is 1.87. The summed E-state index contributed by atoms with van der Waals surface area (Å²) < 4.78 is 0. The van der Waals surface area contributed by atoms with E-state index in [4.69, 9.17) is 5.73 Å². The number of nitrogens with one attached hydrogen (secondary N) is 1. The Bertz CT molecular complexity index is 375. The number of pyridine rings is 1. The van der Waals surface area contributed by atoms with Gasteiger partial charge in [-0.25, -0.2) is 4.98 Å². The number of thioether (sulfide) groups is 1. The third-order valence-corrected chi connectivity index (χ3v) is 3.45. The lowest BCUT2D eigenvalue weighted by Crippen LogP contribution is -2.32. The van der Waals surface area contributed by atoms with E-state index in [9.17, 15) is 4.79 Å².